The van der Waals surface area contributed by atoms with E-state index in [2.05, 4.69) is 10.6 Å². The molecule has 1 unspecified atom stereocenters. The SMILES string of the molecule is CC1CN(C(=O)NCc2ccccc2F)CC(=O)N1. The van der Waals surface area contributed by atoms with Gasteiger partial charge in [-0.2, -0.15) is 0 Å². The number of nitrogens with one attached hydrogen (secondary N) is 2. The van der Waals surface area contributed by atoms with E-state index in [0.29, 0.717) is 12.1 Å². The van der Waals surface area contributed by atoms with Gasteiger partial charge < -0.3 is 15.5 Å². The number of nitrogens with zero attached hydrogens (tertiary/aromatic N) is 1. The Bertz CT molecular complexity index is 493. The summed E-state index contributed by atoms with van der Waals surface area (Å²) in [6.07, 6.45) is 0. The highest BCUT2D eigenvalue weighted by Gasteiger charge is 2.25. The fraction of sp³-hybridized carbons (Fsp3) is 0.385. The van der Waals surface area contributed by atoms with Gasteiger partial charge in [-0.3, -0.25) is 4.79 Å². The van der Waals surface area contributed by atoms with Crippen molar-refractivity contribution in [1.82, 2.24) is 15.5 Å². The van der Waals surface area contributed by atoms with Crippen LogP contribution in [0.5, 0.6) is 0 Å². The van der Waals surface area contributed by atoms with E-state index in [1.807, 2.05) is 6.92 Å². The molecule has 1 aliphatic heterocycles. The van der Waals surface area contributed by atoms with Gasteiger partial charge >= 0.3 is 6.03 Å². The number of hydrogen-bond donors (Lipinski definition) is 2. The predicted molar refractivity (Wildman–Crippen MR) is 67.8 cm³/mol. The Hall–Kier alpha value is -2.11. The van der Waals surface area contributed by atoms with Crippen molar-refractivity contribution in [2.75, 3.05) is 13.1 Å². The van der Waals surface area contributed by atoms with E-state index in [-0.39, 0.29) is 36.9 Å². The number of amides is 3. The maximum Gasteiger partial charge on any atom is 0.318 e. The first kappa shape index (κ1) is 13.3. The quantitative estimate of drug-likeness (QED) is 0.833. The lowest BCUT2D eigenvalue weighted by Gasteiger charge is -2.31. The van der Waals surface area contributed by atoms with E-state index in [0.717, 1.165) is 0 Å². The molecule has 3 amide bonds. The number of benzene rings is 1. The number of carbonyl (C=O) groups is 2. The molecule has 102 valence electrons. The summed E-state index contributed by atoms with van der Waals surface area (Å²) in [6.45, 7) is 2.43. The first-order valence-electron chi connectivity index (χ1n) is 6.12. The number of halogens is 1. The Morgan fingerprint density at radius 3 is 2.95 bits per heavy atom. The largest absolute Gasteiger partial charge is 0.350 e. The lowest BCUT2D eigenvalue weighted by atomic mass is 10.2. The average Bonchev–Trinajstić information content (AvgIpc) is 2.36. The molecule has 0 aromatic heterocycles. The van der Waals surface area contributed by atoms with Crippen LogP contribution in [0.2, 0.25) is 0 Å². The molecular formula is C13H16FN3O2. The van der Waals surface area contributed by atoms with Crippen LogP contribution in [0, 0.1) is 5.82 Å². The van der Waals surface area contributed by atoms with Crippen LogP contribution in [0.4, 0.5) is 9.18 Å². The highest BCUT2D eigenvalue weighted by Crippen LogP contribution is 2.06. The van der Waals surface area contributed by atoms with Gasteiger partial charge in [0, 0.05) is 24.7 Å². The van der Waals surface area contributed by atoms with Gasteiger partial charge in [0.1, 0.15) is 12.4 Å². The number of hydrogen-bond acceptors (Lipinski definition) is 2. The summed E-state index contributed by atoms with van der Waals surface area (Å²) in [7, 11) is 0. The van der Waals surface area contributed by atoms with E-state index in [1.54, 1.807) is 18.2 Å². The maximum absolute atomic E-state index is 13.4. The van der Waals surface area contributed by atoms with Gasteiger partial charge in [0.2, 0.25) is 5.91 Å². The second-order valence-electron chi connectivity index (χ2n) is 4.60. The third kappa shape index (κ3) is 3.43. The molecule has 0 spiro atoms. The highest BCUT2D eigenvalue weighted by molar-refractivity contribution is 5.85. The molecular weight excluding hydrogens is 249 g/mol. The van der Waals surface area contributed by atoms with Crippen molar-refractivity contribution in [2.45, 2.75) is 19.5 Å². The number of piperazine rings is 1. The zero-order valence-corrected chi connectivity index (χ0v) is 10.6. The fourth-order valence-electron chi connectivity index (χ4n) is 2.01. The minimum atomic E-state index is -0.357. The maximum atomic E-state index is 13.4. The van der Waals surface area contributed by atoms with E-state index >= 15 is 0 Å². The van der Waals surface area contributed by atoms with E-state index in [4.69, 9.17) is 0 Å². The normalized spacial score (nSPS) is 18.9. The van der Waals surface area contributed by atoms with Crippen LogP contribution in [0.15, 0.2) is 24.3 Å². The van der Waals surface area contributed by atoms with Crippen LogP contribution in [0.3, 0.4) is 0 Å². The van der Waals surface area contributed by atoms with Crippen molar-refractivity contribution in [3.63, 3.8) is 0 Å². The molecule has 6 heteroatoms. The summed E-state index contributed by atoms with van der Waals surface area (Å²) in [6, 6.07) is 5.84. The molecule has 1 aromatic rings. The molecule has 1 aromatic carbocycles. The Labute approximate surface area is 110 Å². The molecule has 2 rings (SSSR count). The Morgan fingerprint density at radius 1 is 1.53 bits per heavy atom. The van der Waals surface area contributed by atoms with Crippen LogP contribution < -0.4 is 10.6 Å². The average molecular weight is 265 g/mol. The number of urea groups is 1. The van der Waals surface area contributed by atoms with Gasteiger partial charge in [0.15, 0.2) is 0 Å². The fourth-order valence-corrected chi connectivity index (χ4v) is 2.01. The molecule has 0 aliphatic carbocycles. The molecule has 19 heavy (non-hydrogen) atoms. The van der Waals surface area contributed by atoms with Gasteiger partial charge in [-0.25, -0.2) is 9.18 Å². The van der Waals surface area contributed by atoms with Crippen molar-refractivity contribution >= 4 is 11.9 Å². The van der Waals surface area contributed by atoms with E-state index in [9.17, 15) is 14.0 Å². The lowest BCUT2D eigenvalue weighted by Crippen LogP contribution is -2.56. The molecule has 0 bridgehead atoms. The second kappa shape index (κ2) is 5.69. The Balaban J connectivity index is 1.91. The molecule has 1 atom stereocenters. The minimum Gasteiger partial charge on any atom is -0.350 e. The standard InChI is InChI=1S/C13H16FN3O2/c1-9-7-17(8-12(18)16-9)13(19)15-6-10-4-2-3-5-11(10)14/h2-5,9H,6-8H2,1H3,(H,15,19)(H,16,18). The summed E-state index contributed by atoms with van der Waals surface area (Å²) in [5, 5.41) is 5.34. The molecule has 1 aliphatic rings. The summed E-state index contributed by atoms with van der Waals surface area (Å²) >= 11 is 0. The van der Waals surface area contributed by atoms with Crippen LogP contribution in [-0.4, -0.2) is 36.0 Å². The zero-order valence-electron chi connectivity index (χ0n) is 10.6. The molecule has 0 radical (unpaired) electrons. The van der Waals surface area contributed by atoms with Crippen LogP contribution in [0.25, 0.3) is 0 Å². The highest BCUT2D eigenvalue weighted by atomic mass is 19.1. The van der Waals surface area contributed by atoms with Crippen molar-refractivity contribution < 1.29 is 14.0 Å². The Kier molecular flexibility index (Phi) is 3.99. The number of carbonyl (C=O) groups excluding carboxylic acids is 2. The smallest absolute Gasteiger partial charge is 0.318 e. The molecule has 1 fully saturated rings. The lowest BCUT2D eigenvalue weighted by molar-refractivity contribution is -0.124. The molecule has 0 saturated carbocycles. The van der Waals surface area contributed by atoms with Crippen LogP contribution in [0.1, 0.15) is 12.5 Å². The van der Waals surface area contributed by atoms with Crippen molar-refractivity contribution in [1.29, 1.82) is 0 Å². The molecule has 2 N–H and O–H groups in total. The summed E-state index contributed by atoms with van der Waals surface area (Å²) in [4.78, 5) is 24.6. The van der Waals surface area contributed by atoms with Gasteiger partial charge in [0.05, 0.1) is 0 Å². The number of rotatable bonds is 2. The molecule has 1 saturated heterocycles. The first-order chi connectivity index (χ1) is 9.06. The van der Waals surface area contributed by atoms with Crippen molar-refractivity contribution in [3.8, 4) is 0 Å². The first-order valence-corrected chi connectivity index (χ1v) is 6.12. The third-order valence-electron chi connectivity index (χ3n) is 2.91. The van der Waals surface area contributed by atoms with Crippen LogP contribution >= 0.6 is 0 Å². The minimum absolute atomic E-state index is 0.0352. The predicted octanol–water partition coefficient (Wildman–Crippen LogP) is 0.856. The summed E-state index contributed by atoms with van der Waals surface area (Å²) in [5.41, 5.74) is 0.422. The van der Waals surface area contributed by atoms with Gasteiger partial charge in [-0.05, 0) is 13.0 Å². The van der Waals surface area contributed by atoms with Crippen molar-refractivity contribution in [3.05, 3.63) is 35.6 Å². The topological polar surface area (TPSA) is 61.4 Å². The van der Waals surface area contributed by atoms with Crippen LogP contribution in [-0.2, 0) is 11.3 Å². The summed E-state index contributed by atoms with van der Waals surface area (Å²) in [5.74, 6) is -0.535. The molecule has 5 nitrogen and oxygen atoms in total. The monoisotopic (exact) mass is 265 g/mol. The van der Waals surface area contributed by atoms with Gasteiger partial charge in [0.25, 0.3) is 0 Å². The van der Waals surface area contributed by atoms with Gasteiger partial charge in [-0.15, -0.1) is 0 Å². The molecule has 1 heterocycles. The zero-order chi connectivity index (χ0) is 13.8. The van der Waals surface area contributed by atoms with E-state index in [1.165, 1.54) is 11.0 Å². The van der Waals surface area contributed by atoms with Gasteiger partial charge in [-0.1, -0.05) is 18.2 Å². The third-order valence-corrected chi connectivity index (χ3v) is 2.91. The van der Waals surface area contributed by atoms with E-state index < -0.39 is 0 Å². The Morgan fingerprint density at radius 2 is 2.26 bits per heavy atom. The second-order valence-corrected chi connectivity index (χ2v) is 4.60. The summed E-state index contributed by atoms with van der Waals surface area (Å²) < 4.78 is 13.4. The van der Waals surface area contributed by atoms with Crippen molar-refractivity contribution in [2.24, 2.45) is 0 Å².